The molecule has 0 bridgehead atoms. The van der Waals surface area contributed by atoms with E-state index in [1.54, 1.807) is 6.07 Å². The van der Waals surface area contributed by atoms with Gasteiger partial charge in [0, 0.05) is 30.9 Å². The molecule has 6 heteroatoms. The lowest BCUT2D eigenvalue weighted by molar-refractivity contribution is 0.0952. The summed E-state index contributed by atoms with van der Waals surface area (Å²) >= 11 is 6.42. The van der Waals surface area contributed by atoms with Crippen molar-refractivity contribution in [2.45, 2.75) is 51.4 Å². The number of rotatable bonds is 5. The molecule has 2 heterocycles. The molecule has 0 unspecified atom stereocenters. The second kappa shape index (κ2) is 9.66. The summed E-state index contributed by atoms with van der Waals surface area (Å²) in [5, 5.41) is 13.4. The molecule has 2 fully saturated rings. The molecular weight excluding hydrogens is 396 g/mol. The molecule has 1 aromatic heterocycles. The molecule has 0 radical (unpaired) electrons. The SMILES string of the molecule is N#CC1CCN(c2ccc3c(C(=O)NCCC4CCCCC4)c(Cl)ccc3n2)CC1. The van der Waals surface area contributed by atoms with Crippen molar-refractivity contribution in [3.8, 4) is 6.07 Å². The maximum atomic E-state index is 12.9. The Balaban J connectivity index is 1.47. The quantitative estimate of drug-likeness (QED) is 0.704. The van der Waals surface area contributed by atoms with Gasteiger partial charge in [-0.2, -0.15) is 5.26 Å². The molecule has 2 aromatic rings. The van der Waals surface area contributed by atoms with Crippen molar-refractivity contribution in [3.05, 3.63) is 34.9 Å². The minimum Gasteiger partial charge on any atom is -0.357 e. The number of carbonyl (C=O) groups is 1. The summed E-state index contributed by atoms with van der Waals surface area (Å²) in [6.45, 7) is 2.35. The van der Waals surface area contributed by atoms with Gasteiger partial charge in [-0.15, -0.1) is 0 Å². The molecule has 1 aliphatic heterocycles. The fourth-order valence-corrected chi connectivity index (χ4v) is 5.02. The van der Waals surface area contributed by atoms with Crippen molar-refractivity contribution in [1.82, 2.24) is 10.3 Å². The van der Waals surface area contributed by atoms with E-state index in [9.17, 15) is 4.79 Å². The summed E-state index contributed by atoms with van der Waals surface area (Å²) in [4.78, 5) is 19.9. The first-order valence-corrected chi connectivity index (χ1v) is 11.6. The zero-order chi connectivity index (χ0) is 20.9. The zero-order valence-electron chi connectivity index (χ0n) is 17.4. The first-order chi connectivity index (χ1) is 14.7. The van der Waals surface area contributed by atoms with Crippen LogP contribution in [0.25, 0.3) is 10.9 Å². The maximum Gasteiger partial charge on any atom is 0.253 e. The summed E-state index contributed by atoms with van der Waals surface area (Å²) in [5.74, 6) is 1.65. The second-order valence-electron chi connectivity index (χ2n) is 8.60. The molecule has 5 nitrogen and oxygen atoms in total. The number of hydrogen-bond donors (Lipinski definition) is 1. The number of fused-ring (bicyclic) bond motifs is 1. The Bertz CT molecular complexity index is 940. The number of piperidine rings is 1. The van der Waals surface area contributed by atoms with Crippen molar-refractivity contribution >= 4 is 34.2 Å². The van der Waals surface area contributed by atoms with E-state index in [1.165, 1.54) is 32.1 Å². The molecule has 0 atom stereocenters. The van der Waals surface area contributed by atoms with Crippen molar-refractivity contribution in [3.63, 3.8) is 0 Å². The predicted octanol–water partition coefficient (Wildman–Crippen LogP) is 5.33. The number of nitriles is 1. The standard InChI is InChI=1S/C24H29ClN4O/c25-20-7-8-21-19(6-9-22(28-21)29-14-11-18(16-26)12-15-29)23(20)24(30)27-13-10-17-4-2-1-3-5-17/h6-9,17-18H,1-5,10-15H2,(H,27,30). The fourth-order valence-electron chi connectivity index (χ4n) is 4.77. The molecule has 2 aliphatic rings. The third-order valence-electron chi connectivity index (χ3n) is 6.60. The Labute approximate surface area is 183 Å². The first kappa shape index (κ1) is 20.9. The van der Waals surface area contributed by atoms with Crippen LogP contribution in [0.4, 0.5) is 5.82 Å². The summed E-state index contributed by atoms with van der Waals surface area (Å²) in [6.07, 6.45) is 9.31. The van der Waals surface area contributed by atoms with Gasteiger partial charge in [0.05, 0.1) is 22.2 Å². The van der Waals surface area contributed by atoms with Crippen molar-refractivity contribution in [2.75, 3.05) is 24.5 Å². The number of hydrogen-bond acceptors (Lipinski definition) is 4. The Morgan fingerprint density at radius 2 is 1.90 bits per heavy atom. The van der Waals surface area contributed by atoms with Gasteiger partial charge in [0.1, 0.15) is 5.82 Å². The molecule has 0 spiro atoms. The lowest BCUT2D eigenvalue weighted by atomic mass is 9.87. The Morgan fingerprint density at radius 1 is 1.13 bits per heavy atom. The van der Waals surface area contributed by atoms with Gasteiger partial charge in [0.25, 0.3) is 5.91 Å². The highest BCUT2D eigenvalue weighted by Gasteiger charge is 2.21. The second-order valence-corrected chi connectivity index (χ2v) is 9.00. The van der Waals surface area contributed by atoms with Crippen LogP contribution in [0.2, 0.25) is 5.02 Å². The number of pyridine rings is 1. The van der Waals surface area contributed by atoms with Gasteiger partial charge in [-0.3, -0.25) is 4.79 Å². The van der Waals surface area contributed by atoms with Crippen LogP contribution in [0.5, 0.6) is 0 Å². The van der Waals surface area contributed by atoms with Crippen LogP contribution in [0.15, 0.2) is 24.3 Å². The van der Waals surface area contributed by atoms with Gasteiger partial charge in [0.2, 0.25) is 0 Å². The van der Waals surface area contributed by atoms with Crippen molar-refractivity contribution in [2.24, 2.45) is 11.8 Å². The smallest absolute Gasteiger partial charge is 0.253 e. The molecule has 1 saturated carbocycles. The van der Waals surface area contributed by atoms with E-state index in [0.29, 0.717) is 17.1 Å². The van der Waals surface area contributed by atoms with Crippen molar-refractivity contribution in [1.29, 1.82) is 5.26 Å². The molecule has 1 saturated heterocycles. The largest absolute Gasteiger partial charge is 0.357 e. The van der Waals surface area contributed by atoms with Crippen LogP contribution in [-0.2, 0) is 0 Å². The van der Waals surface area contributed by atoms with E-state index in [-0.39, 0.29) is 11.8 Å². The minimum atomic E-state index is -0.120. The summed E-state index contributed by atoms with van der Waals surface area (Å²) in [6, 6.07) is 9.92. The molecule has 30 heavy (non-hydrogen) atoms. The van der Waals surface area contributed by atoms with E-state index < -0.39 is 0 Å². The van der Waals surface area contributed by atoms with Gasteiger partial charge >= 0.3 is 0 Å². The molecule has 158 valence electrons. The molecule has 1 N–H and O–H groups in total. The average Bonchev–Trinajstić information content (AvgIpc) is 2.79. The number of benzene rings is 1. The normalized spacial score (nSPS) is 18.3. The van der Waals surface area contributed by atoms with Gasteiger partial charge in [-0.05, 0) is 49.4 Å². The Morgan fingerprint density at radius 3 is 2.63 bits per heavy atom. The zero-order valence-corrected chi connectivity index (χ0v) is 18.1. The highest BCUT2D eigenvalue weighted by atomic mass is 35.5. The van der Waals surface area contributed by atoms with Crippen LogP contribution in [-0.4, -0.2) is 30.5 Å². The number of nitrogens with zero attached hydrogens (tertiary/aromatic N) is 3. The number of amides is 1. The van der Waals surface area contributed by atoms with Crippen LogP contribution >= 0.6 is 11.6 Å². The van der Waals surface area contributed by atoms with Gasteiger partial charge < -0.3 is 10.2 Å². The third-order valence-corrected chi connectivity index (χ3v) is 6.91. The lowest BCUT2D eigenvalue weighted by Crippen LogP contribution is -2.33. The van der Waals surface area contributed by atoms with Crippen LogP contribution in [0, 0.1) is 23.2 Å². The number of nitrogens with one attached hydrogen (secondary N) is 1. The highest BCUT2D eigenvalue weighted by molar-refractivity contribution is 6.35. The lowest BCUT2D eigenvalue weighted by Gasteiger charge is -2.30. The summed E-state index contributed by atoms with van der Waals surface area (Å²) in [5.41, 5.74) is 1.29. The summed E-state index contributed by atoms with van der Waals surface area (Å²) < 4.78 is 0. The molecule has 1 aliphatic carbocycles. The average molecular weight is 425 g/mol. The molecule has 1 amide bonds. The van der Waals surface area contributed by atoms with Crippen LogP contribution in [0.3, 0.4) is 0 Å². The van der Waals surface area contributed by atoms with E-state index in [4.69, 9.17) is 21.8 Å². The van der Waals surface area contributed by atoms with Gasteiger partial charge in [-0.25, -0.2) is 4.98 Å². The minimum absolute atomic E-state index is 0.120. The van der Waals surface area contributed by atoms with E-state index in [1.807, 2.05) is 18.2 Å². The van der Waals surface area contributed by atoms with E-state index >= 15 is 0 Å². The molecule has 1 aromatic carbocycles. The van der Waals surface area contributed by atoms with E-state index in [2.05, 4.69) is 16.3 Å². The number of aromatic nitrogens is 1. The van der Waals surface area contributed by atoms with E-state index in [0.717, 1.165) is 55.0 Å². The molecule has 4 rings (SSSR count). The molecular formula is C24H29ClN4O. The first-order valence-electron chi connectivity index (χ1n) is 11.2. The number of anilines is 1. The van der Waals surface area contributed by atoms with Gasteiger partial charge in [-0.1, -0.05) is 43.7 Å². The van der Waals surface area contributed by atoms with Crippen LogP contribution < -0.4 is 10.2 Å². The predicted molar refractivity (Wildman–Crippen MR) is 121 cm³/mol. The number of halogens is 1. The maximum absolute atomic E-state index is 12.9. The highest BCUT2D eigenvalue weighted by Crippen LogP contribution is 2.29. The fraction of sp³-hybridized carbons (Fsp3) is 0.542. The monoisotopic (exact) mass is 424 g/mol. The number of carbonyl (C=O) groups excluding carboxylic acids is 1. The Kier molecular flexibility index (Phi) is 6.74. The third kappa shape index (κ3) is 4.70. The van der Waals surface area contributed by atoms with Crippen LogP contribution in [0.1, 0.15) is 61.7 Å². The Hall–Kier alpha value is -2.32. The topological polar surface area (TPSA) is 69.0 Å². The summed E-state index contributed by atoms with van der Waals surface area (Å²) in [7, 11) is 0. The van der Waals surface area contributed by atoms with Gasteiger partial charge in [0.15, 0.2) is 0 Å². The van der Waals surface area contributed by atoms with Crippen molar-refractivity contribution < 1.29 is 4.79 Å².